The number of methoxy groups -OCH3 is 1. The quantitative estimate of drug-likeness (QED) is 0.402. The van der Waals surface area contributed by atoms with Gasteiger partial charge in [0, 0.05) is 11.8 Å². The number of imidazole rings is 1. The molecule has 10 heteroatoms. The van der Waals surface area contributed by atoms with Gasteiger partial charge in [0.05, 0.1) is 33.8 Å². The van der Waals surface area contributed by atoms with Crippen LogP contribution in [0.15, 0.2) is 54.7 Å². The molecule has 2 heterocycles. The van der Waals surface area contributed by atoms with E-state index < -0.39 is 11.8 Å². The number of carbonyl (C=O) groups excluding carboxylic acids is 2. The predicted octanol–water partition coefficient (Wildman–Crippen LogP) is 4.02. The van der Waals surface area contributed by atoms with E-state index in [0.717, 1.165) is 0 Å². The van der Waals surface area contributed by atoms with Crippen LogP contribution < -0.4 is 15.6 Å². The fourth-order valence-electron chi connectivity index (χ4n) is 2.97. The molecule has 0 spiro atoms. The molecule has 2 aromatic heterocycles. The van der Waals surface area contributed by atoms with Crippen LogP contribution in [-0.2, 0) is 0 Å². The molecule has 0 aliphatic rings. The molecule has 0 unspecified atom stereocenters. The van der Waals surface area contributed by atoms with Crippen molar-refractivity contribution in [1.82, 2.24) is 25.8 Å². The van der Waals surface area contributed by atoms with Crippen molar-refractivity contribution >= 4 is 46.0 Å². The van der Waals surface area contributed by atoms with Crippen LogP contribution in [0.25, 0.3) is 22.4 Å². The minimum absolute atomic E-state index is 0.152. The predicted molar refractivity (Wildman–Crippen MR) is 117 cm³/mol. The lowest BCUT2D eigenvalue weighted by Gasteiger charge is -2.09. The summed E-state index contributed by atoms with van der Waals surface area (Å²) in [6.07, 6.45) is 1.50. The number of rotatable bonds is 4. The Labute approximate surface area is 186 Å². The van der Waals surface area contributed by atoms with Crippen molar-refractivity contribution in [2.45, 2.75) is 0 Å². The Morgan fingerprint density at radius 3 is 2.48 bits per heavy atom. The molecule has 2 aromatic carbocycles. The smallest absolute Gasteiger partial charge is 0.275 e. The van der Waals surface area contributed by atoms with Crippen molar-refractivity contribution in [3.8, 4) is 17.3 Å². The Balaban J connectivity index is 1.53. The number of hydrogen-bond donors (Lipinski definition) is 3. The molecule has 0 saturated carbocycles. The fraction of sp³-hybridized carbons (Fsp3) is 0.0476. The summed E-state index contributed by atoms with van der Waals surface area (Å²) in [5.41, 5.74) is 7.04. The van der Waals surface area contributed by atoms with Gasteiger partial charge in [0.15, 0.2) is 0 Å². The molecule has 0 atom stereocenters. The van der Waals surface area contributed by atoms with Crippen LogP contribution >= 0.6 is 23.2 Å². The number of nitrogens with one attached hydrogen (secondary N) is 3. The number of H-pyrrole nitrogens is 1. The molecule has 0 saturated heterocycles. The summed E-state index contributed by atoms with van der Waals surface area (Å²) >= 11 is 12.5. The summed E-state index contributed by atoms with van der Waals surface area (Å²) in [4.78, 5) is 36.4. The van der Waals surface area contributed by atoms with E-state index in [9.17, 15) is 9.59 Å². The third-order valence-corrected chi connectivity index (χ3v) is 5.07. The van der Waals surface area contributed by atoms with Gasteiger partial charge in [-0.1, -0.05) is 29.3 Å². The number of nitrogens with zero attached hydrogens (tertiary/aromatic N) is 2. The zero-order valence-electron chi connectivity index (χ0n) is 16.1. The van der Waals surface area contributed by atoms with Gasteiger partial charge in [-0.3, -0.25) is 20.4 Å². The minimum atomic E-state index is -0.559. The SMILES string of the molecule is COc1ncccc1C(=O)NNC(=O)c1ccc2nc(-c3c(Cl)cccc3Cl)[nH]c2c1. The first-order valence-electron chi connectivity index (χ1n) is 9.01. The molecule has 4 rings (SSSR count). The maximum atomic E-state index is 12.5. The normalized spacial score (nSPS) is 10.7. The van der Waals surface area contributed by atoms with Crippen LogP contribution in [0.2, 0.25) is 10.0 Å². The van der Waals surface area contributed by atoms with Gasteiger partial charge in [0.25, 0.3) is 11.8 Å². The van der Waals surface area contributed by atoms with Gasteiger partial charge >= 0.3 is 0 Å². The first kappa shape index (κ1) is 20.6. The van der Waals surface area contributed by atoms with Gasteiger partial charge in [0.2, 0.25) is 5.88 Å². The van der Waals surface area contributed by atoms with E-state index in [0.29, 0.717) is 38.0 Å². The van der Waals surface area contributed by atoms with Crippen molar-refractivity contribution in [1.29, 1.82) is 0 Å². The Morgan fingerprint density at radius 2 is 1.74 bits per heavy atom. The van der Waals surface area contributed by atoms with Gasteiger partial charge < -0.3 is 9.72 Å². The van der Waals surface area contributed by atoms with E-state index in [1.54, 1.807) is 42.5 Å². The van der Waals surface area contributed by atoms with E-state index in [1.807, 2.05) is 0 Å². The average Bonchev–Trinajstić information content (AvgIpc) is 3.19. The van der Waals surface area contributed by atoms with Crippen molar-refractivity contribution in [2.75, 3.05) is 7.11 Å². The van der Waals surface area contributed by atoms with Crippen LogP contribution in [0, 0.1) is 0 Å². The monoisotopic (exact) mass is 455 g/mol. The average molecular weight is 456 g/mol. The van der Waals surface area contributed by atoms with E-state index in [1.165, 1.54) is 19.4 Å². The van der Waals surface area contributed by atoms with Crippen molar-refractivity contribution in [3.05, 3.63) is 75.9 Å². The zero-order chi connectivity index (χ0) is 22.0. The number of ether oxygens (including phenoxy) is 1. The molecule has 3 N–H and O–H groups in total. The number of benzene rings is 2. The highest BCUT2D eigenvalue weighted by Gasteiger charge is 2.16. The molecule has 0 aliphatic heterocycles. The minimum Gasteiger partial charge on any atom is -0.480 e. The third kappa shape index (κ3) is 4.16. The molecule has 0 fully saturated rings. The standard InChI is InChI=1S/C21H15Cl2N5O3/c1-31-21-12(4-3-9-24-21)20(30)28-27-19(29)11-7-8-15-16(10-11)26-18(25-15)17-13(22)5-2-6-14(17)23/h2-10H,1H3,(H,25,26)(H,27,29)(H,28,30). The van der Waals surface area contributed by atoms with Gasteiger partial charge in [-0.2, -0.15) is 0 Å². The maximum absolute atomic E-state index is 12.5. The lowest BCUT2D eigenvalue weighted by Crippen LogP contribution is -2.41. The lowest BCUT2D eigenvalue weighted by molar-refractivity contribution is 0.0844. The van der Waals surface area contributed by atoms with Crippen LogP contribution in [0.1, 0.15) is 20.7 Å². The Hall–Kier alpha value is -3.62. The summed E-state index contributed by atoms with van der Waals surface area (Å²) in [6.45, 7) is 0. The second-order valence-corrected chi connectivity index (χ2v) is 7.20. The van der Waals surface area contributed by atoms with E-state index in [-0.39, 0.29) is 11.4 Å². The van der Waals surface area contributed by atoms with Crippen LogP contribution in [-0.4, -0.2) is 33.9 Å². The van der Waals surface area contributed by atoms with Crippen LogP contribution in [0.5, 0.6) is 5.88 Å². The Kier molecular flexibility index (Phi) is 5.75. The number of hydrogen-bond acceptors (Lipinski definition) is 5. The number of fused-ring (bicyclic) bond motifs is 1. The number of carbonyl (C=O) groups is 2. The van der Waals surface area contributed by atoms with Crippen molar-refractivity contribution in [2.24, 2.45) is 0 Å². The maximum Gasteiger partial charge on any atom is 0.275 e. The highest BCUT2D eigenvalue weighted by atomic mass is 35.5. The summed E-state index contributed by atoms with van der Waals surface area (Å²) in [5.74, 6) is -0.430. The zero-order valence-corrected chi connectivity index (χ0v) is 17.6. The van der Waals surface area contributed by atoms with Crippen molar-refractivity contribution in [3.63, 3.8) is 0 Å². The van der Waals surface area contributed by atoms with Crippen LogP contribution in [0.3, 0.4) is 0 Å². The number of amides is 2. The Morgan fingerprint density at radius 1 is 1.00 bits per heavy atom. The molecule has 0 aliphatic carbocycles. The van der Waals surface area contributed by atoms with E-state index in [2.05, 4.69) is 25.8 Å². The first-order valence-corrected chi connectivity index (χ1v) is 9.77. The van der Waals surface area contributed by atoms with Crippen molar-refractivity contribution < 1.29 is 14.3 Å². The second-order valence-electron chi connectivity index (χ2n) is 6.38. The summed E-state index contributed by atoms with van der Waals surface area (Å²) < 4.78 is 5.05. The number of aromatic nitrogens is 3. The molecule has 8 nitrogen and oxygen atoms in total. The highest BCUT2D eigenvalue weighted by Crippen LogP contribution is 2.33. The number of hydrazine groups is 1. The van der Waals surface area contributed by atoms with E-state index >= 15 is 0 Å². The Bertz CT molecular complexity index is 1290. The fourth-order valence-corrected chi connectivity index (χ4v) is 3.55. The molecular formula is C21H15Cl2N5O3. The number of halogens is 2. The molecule has 0 radical (unpaired) electrons. The van der Waals surface area contributed by atoms with Gasteiger partial charge in [0.1, 0.15) is 11.4 Å². The largest absolute Gasteiger partial charge is 0.480 e. The van der Waals surface area contributed by atoms with Gasteiger partial charge in [-0.15, -0.1) is 0 Å². The third-order valence-electron chi connectivity index (χ3n) is 4.44. The lowest BCUT2D eigenvalue weighted by atomic mass is 10.2. The summed E-state index contributed by atoms with van der Waals surface area (Å²) in [6, 6.07) is 13.2. The van der Waals surface area contributed by atoms with Crippen LogP contribution in [0.4, 0.5) is 0 Å². The van der Waals surface area contributed by atoms with E-state index in [4.69, 9.17) is 27.9 Å². The molecule has 4 aromatic rings. The second kappa shape index (κ2) is 8.63. The van der Waals surface area contributed by atoms with Gasteiger partial charge in [-0.05, 0) is 42.5 Å². The first-order chi connectivity index (χ1) is 15.0. The number of pyridine rings is 1. The number of aromatic amines is 1. The topological polar surface area (TPSA) is 109 Å². The molecule has 0 bridgehead atoms. The molecule has 156 valence electrons. The molecule has 2 amide bonds. The summed E-state index contributed by atoms with van der Waals surface area (Å²) in [5, 5.41) is 0.913. The molecule has 31 heavy (non-hydrogen) atoms. The van der Waals surface area contributed by atoms with Gasteiger partial charge in [-0.25, -0.2) is 9.97 Å². The highest BCUT2D eigenvalue weighted by molar-refractivity contribution is 6.39. The summed E-state index contributed by atoms with van der Waals surface area (Å²) in [7, 11) is 1.40. The molecular weight excluding hydrogens is 441 g/mol.